The van der Waals surface area contributed by atoms with Crippen LogP contribution in [0.5, 0.6) is 5.75 Å². The summed E-state index contributed by atoms with van der Waals surface area (Å²) < 4.78 is 12.6. The summed E-state index contributed by atoms with van der Waals surface area (Å²) in [5.74, 6) is -1.67. The average Bonchev–Trinajstić information content (AvgIpc) is 3.30. The van der Waals surface area contributed by atoms with Crippen LogP contribution in [0, 0.1) is 17.8 Å². The number of ether oxygens (including phenoxy) is 1. The summed E-state index contributed by atoms with van der Waals surface area (Å²) in [7, 11) is 0.577. The molecule has 2 amide bonds. The van der Waals surface area contributed by atoms with Gasteiger partial charge in [-0.15, -0.1) is 0 Å². The van der Waals surface area contributed by atoms with Gasteiger partial charge in [0.25, 0.3) is 0 Å². The molecule has 10 heteroatoms. The van der Waals surface area contributed by atoms with Gasteiger partial charge in [0, 0.05) is 28.5 Å². The lowest BCUT2D eigenvalue weighted by Gasteiger charge is -2.43. The number of fused-ring (bicyclic) bond motifs is 3. The predicted octanol–water partition coefficient (Wildman–Crippen LogP) is 7.12. The monoisotopic (exact) mass is 684 g/mol. The number of hydrogen-bond donors (Lipinski definition) is 3. The van der Waals surface area contributed by atoms with Gasteiger partial charge in [0.1, 0.15) is 5.75 Å². The van der Waals surface area contributed by atoms with E-state index in [4.69, 9.17) is 9.39 Å². The highest BCUT2D eigenvalue weighted by molar-refractivity contribution is 9.10. The molecule has 1 aliphatic carbocycles. The quantitative estimate of drug-likeness (QED) is 0.119. The number of carbonyl (C=O) groups excluding carboxylic acids is 2. The van der Waals surface area contributed by atoms with Gasteiger partial charge >= 0.3 is 7.12 Å². The highest BCUT2D eigenvalue weighted by Crippen LogP contribution is 2.51. The van der Waals surface area contributed by atoms with Crippen LogP contribution in [0.15, 0.2) is 94.0 Å². The maximum atomic E-state index is 14.1. The van der Waals surface area contributed by atoms with Gasteiger partial charge < -0.3 is 24.8 Å². The molecule has 3 aromatic rings. The molecule has 2 fully saturated rings. The minimum atomic E-state index is -1.05. The number of aromatic hydroxyl groups is 1. The van der Waals surface area contributed by atoms with Crippen LogP contribution in [0.3, 0.4) is 0 Å². The van der Waals surface area contributed by atoms with E-state index in [0.717, 1.165) is 44.6 Å². The lowest BCUT2D eigenvalue weighted by atomic mass is 9.58. The number of carbonyl (C=O) groups is 2. The van der Waals surface area contributed by atoms with Gasteiger partial charge in [-0.2, -0.15) is 0 Å². The minimum Gasteiger partial charge on any atom is -0.507 e. The molecule has 0 saturated carbocycles. The Morgan fingerprint density at radius 3 is 2.52 bits per heavy atom. The maximum absolute atomic E-state index is 14.1. The van der Waals surface area contributed by atoms with Crippen molar-refractivity contribution in [3.63, 3.8) is 0 Å². The second-order valence-electron chi connectivity index (χ2n) is 12.2. The molecule has 238 valence electrons. The van der Waals surface area contributed by atoms with Gasteiger partial charge in [0.05, 0.1) is 30.2 Å². The number of rotatable bonds is 10. The Labute approximate surface area is 278 Å². The van der Waals surface area contributed by atoms with E-state index in [-0.39, 0.29) is 29.8 Å². The first kappa shape index (κ1) is 32.3. The highest BCUT2D eigenvalue weighted by atomic mass is 79.9. The van der Waals surface area contributed by atoms with Crippen molar-refractivity contribution in [2.24, 2.45) is 17.8 Å². The maximum Gasteiger partial charge on any atom is 0.455 e. The standard InChI is InChI=1S/C36H38BBrN2O6/c1-3-22(17-23-18-25(38)10-15-31(23)41)9-16-32-33-24(21-45-2)19-29-34(30(33)20-37(44)46-32)36(43)40(35(29)42)28-13-11-27(12-14-28)39-26-7-5-4-6-8-26/h4-8,10-15,17-18,29-30,32,34,39,41,44H,3,9,16,19-21H2,1-2H3/b22-17+/t29-,30+,32-,34-/m1/s1. The molecule has 0 unspecified atom stereocenters. The number of imide groups is 1. The van der Waals surface area contributed by atoms with Gasteiger partial charge in [-0.1, -0.05) is 52.7 Å². The van der Waals surface area contributed by atoms with Crippen LogP contribution in [0.25, 0.3) is 6.08 Å². The number of para-hydroxylation sites is 1. The van der Waals surface area contributed by atoms with Gasteiger partial charge in [0.2, 0.25) is 11.8 Å². The van der Waals surface area contributed by atoms with E-state index in [2.05, 4.69) is 28.2 Å². The predicted molar refractivity (Wildman–Crippen MR) is 184 cm³/mol. The molecule has 46 heavy (non-hydrogen) atoms. The summed E-state index contributed by atoms with van der Waals surface area (Å²) in [5, 5.41) is 24.6. The van der Waals surface area contributed by atoms with Crippen LogP contribution in [0.1, 0.15) is 38.2 Å². The first-order valence-corrected chi connectivity index (χ1v) is 16.6. The Hall–Kier alpha value is -3.70. The molecule has 3 N–H and O–H groups in total. The third-order valence-corrected chi connectivity index (χ3v) is 9.84. The fourth-order valence-electron chi connectivity index (χ4n) is 7.24. The Bertz CT molecular complexity index is 1660. The van der Waals surface area contributed by atoms with Crippen LogP contribution in [0.2, 0.25) is 6.32 Å². The lowest BCUT2D eigenvalue weighted by molar-refractivity contribution is -0.122. The number of amides is 2. The Morgan fingerprint density at radius 2 is 1.80 bits per heavy atom. The Balaban J connectivity index is 1.24. The van der Waals surface area contributed by atoms with Crippen LogP contribution >= 0.6 is 15.9 Å². The van der Waals surface area contributed by atoms with E-state index in [1.807, 2.05) is 54.6 Å². The van der Waals surface area contributed by atoms with Crippen LogP contribution < -0.4 is 10.2 Å². The van der Waals surface area contributed by atoms with Crippen molar-refractivity contribution in [1.29, 1.82) is 0 Å². The minimum absolute atomic E-state index is 0.207. The number of phenolic OH excluding ortho intramolecular Hbond substituents is 1. The fraction of sp³-hybridized carbons (Fsp3) is 0.333. The van der Waals surface area contributed by atoms with Gasteiger partial charge in [-0.25, -0.2) is 0 Å². The summed E-state index contributed by atoms with van der Waals surface area (Å²) in [4.78, 5) is 29.3. The first-order chi connectivity index (χ1) is 22.3. The molecule has 3 aliphatic rings. The molecular formula is C36H38BBrN2O6. The van der Waals surface area contributed by atoms with Crippen LogP contribution in [0.4, 0.5) is 17.1 Å². The van der Waals surface area contributed by atoms with Crippen molar-refractivity contribution in [3.8, 4) is 5.75 Å². The number of anilines is 3. The number of allylic oxidation sites excluding steroid dienone is 1. The third-order valence-electron chi connectivity index (χ3n) is 9.35. The second-order valence-corrected chi connectivity index (χ2v) is 13.1. The molecule has 8 nitrogen and oxygen atoms in total. The van der Waals surface area contributed by atoms with E-state index < -0.39 is 25.1 Å². The number of methoxy groups -OCH3 is 1. The molecule has 2 saturated heterocycles. The number of nitrogens with zero attached hydrogens (tertiary/aromatic N) is 1. The molecule has 0 bridgehead atoms. The number of benzene rings is 3. The highest BCUT2D eigenvalue weighted by Gasteiger charge is 2.57. The fourth-order valence-corrected chi connectivity index (χ4v) is 7.61. The smallest absolute Gasteiger partial charge is 0.455 e. The molecule has 4 atom stereocenters. The first-order valence-electron chi connectivity index (χ1n) is 15.8. The average molecular weight is 685 g/mol. The summed E-state index contributed by atoms with van der Waals surface area (Å²) >= 11 is 3.48. The van der Waals surface area contributed by atoms with E-state index >= 15 is 0 Å². The lowest BCUT2D eigenvalue weighted by Crippen LogP contribution is -2.46. The van der Waals surface area contributed by atoms with E-state index in [0.29, 0.717) is 31.6 Å². The number of nitrogens with one attached hydrogen (secondary N) is 1. The van der Waals surface area contributed by atoms with Crippen molar-refractivity contribution in [3.05, 3.63) is 99.6 Å². The Kier molecular flexibility index (Phi) is 9.80. The summed E-state index contributed by atoms with van der Waals surface area (Å²) in [6.07, 6.45) is 4.27. The zero-order valence-corrected chi connectivity index (χ0v) is 27.6. The van der Waals surface area contributed by atoms with Crippen molar-refractivity contribution >= 4 is 58.0 Å². The SMILES string of the molecule is CC/C(=C\c1cc(Br)ccc1O)CC[C@H]1OB(O)C[C@H]2C1=C(COC)C[C@H]1C(=O)N(c3ccc(Nc4ccccc4)cc3)C(=O)[C@H]12. The zero-order chi connectivity index (χ0) is 32.4. The molecule has 2 heterocycles. The number of phenols is 1. The molecule has 0 spiro atoms. The van der Waals surface area contributed by atoms with Crippen molar-refractivity contribution < 1.29 is 29.1 Å². The van der Waals surface area contributed by atoms with Crippen LogP contribution in [-0.4, -0.2) is 48.9 Å². The van der Waals surface area contributed by atoms with Crippen LogP contribution in [-0.2, 0) is 19.0 Å². The molecule has 0 aromatic heterocycles. The largest absolute Gasteiger partial charge is 0.507 e. The normalized spacial score (nSPS) is 23.1. The summed E-state index contributed by atoms with van der Waals surface area (Å²) in [6.45, 7) is 2.40. The molecule has 6 rings (SSSR count). The van der Waals surface area contributed by atoms with E-state index in [1.54, 1.807) is 31.4 Å². The van der Waals surface area contributed by atoms with Crippen molar-refractivity contribution in [2.75, 3.05) is 23.9 Å². The molecule has 2 aliphatic heterocycles. The Morgan fingerprint density at radius 1 is 1.07 bits per heavy atom. The van der Waals surface area contributed by atoms with E-state index in [1.165, 1.54) is 4.90 Å². The molecule has 0 radical (unpaired) electrons. The zero-order valence-electron chi connectivity index (χ0n) is 26.0. The molecular weight excluding hydrogens is 647 g/mol. The van der Waals surface area contributed by atoms with Crippen molar-refractivity contribution in [2.45, 2.75) is 45.0 Å². The second kappa shape index (κ2) is 14.0. The number of hydrogen-bond acceptors (Lipinski definition) is 7. The number of halogens is 1. The summed E-state index contributed by atoms with van der Waals surface area (Å²) in [5.41, 5.74) is 6.15. The van der Waals surface area contributed by atoms with Gasteiger partial charge in [-0.3, -0.25) is 14.5 Å². The topological polar surface area (TPSA) is 108 Å². The third kappa shape index (κ3) is 6.58. The summed E-state index contributed by atoms with van der Waals surface area (Å²) in [6, 6.07) is 22.5. The van der Waals surface area contributed by atoms with E-state index in [9.17, 15) is 19.7 Å². The van der Waals surface area contributed by atoms with Gasteiger partial charge in [0.15, 0.2) is 0 Å². The van der Waals surface area contributed by atoms with Crippen molar-refractivity contribution in [1.82, 2.24) is 0 Å². The molecule has 3 aromatic carbocycles. The van der Waals surface area contributed by atoms with Gasteiger partial charge in [-0.05, 0) is 104 Å².